The molecule has 4 aromatic rings. The van der Waals surface area contributed by atoms with Gasteiger partial charge in [-0.15, -0.1) is 0 Å². The molecule has 0 unspecified atom stereocenters. The minimum atomic E-state index is 0.264. The van der Waals surface area contributed by atoms with Gasteiger partial charge in [-0.25, -0.2) is 0 Å². The van der Waals surface area contributed by atoms with Crippen LogP contribution >= 0.6 is 0 Å². The number of rotatable bonds is 10. The summed E-state index contributed by atoms with van der Waals surface area (Å²) in [7, 11) is 3.25. The third-order valence-corrected chi connectivity index (χ3v) is 5.60. The molecule has 0 bridgehead atoms. The van der Waals surface area contributed by atoms with Gasteiger partial charge < -0.3 is 14.6 Å². The number of hydrogen-bond donors (Lipinski definition) is 1. The first-order valence-corrected chi connectivity index (χ1v) is 11.4. The van der Waals surface area contributed by atoms with Crippen LogP contribution in [0.4, 0.5) is 0 Å². The van der Waals surface area contributed by atoms with Crippen LogP contribution in [0.2, 0.25) is 0 Å². The summed E-state index contributed by atoms with van der Waals surface area (Å²) in [6.45, 7) is 1.84. The molecular weight excluding hydrogens is 438 g/mol. The summed E-state index contributed by atoms with van der Waals surface area (Å²) in [6, 6.07) is 23.2. The summed E-state index contributed by atoms with van der Waals surface area (Å²) in [5.41, 5.74) is 4.75. The molecule has 6 nitrogen and oxygen atoms in total. The number of pyridine rings is 2. The minimum absolute atomic E-state index is 0.264. The molecule has 0 saturated heterocycles. The smallest absolute Gasteiger partial charge is 0.161 e. The van der Waals surface area contributed by atoms with Gasteiger partial charge in [0.15, 0.2) is 11.5 Å². The molecule has 0 amide bonds. The van der Waals surface area contributed by atoms with Crippen LogP contribution in [0.3, 0.4) is 0 Å². The summed E-state index contributed by atoms with van der Waals surface area (Å²) in [5, 5.41) is 10.6. The van der Waals surface area contributed by atoms with E-state index in [9.17, 15) is 5.11 Å². The third kappa shape index (κ3) is 6.68. The molecule has 0 aliphatic carbocycles. The highest BCUT2D eigenvalue weighted by molar-refractivity contribution is 5.71. The number of ether oxygens (including phenoxy) is 2. The number of nitrogens with zero attached hydrogens (tertiary/aromatic N) is 3. The first kappa shape index (κ1) is 24.0. The molecular formula is C29H29N3O3. The van der Waals surface area contributed by atoms with E-state index in [1.54, 1.807) is 32.7 Å². The van der Waals surface area contributed by atoms with Crippen molar-refractivity contribution in [2.45, 2.75) is 19.6 Å². The Morgan fingerprint density at radius 3 is 1.89 bits per heavy atom. The molecule has 2 heterocycles. The van der Waals surface area contributed by atoms with Crippen LogP contribution in [-0.4, -0.2) is 34.2 Å². The molecule has 0 radical (unpaired) electrons. The van der Waals surface area contributed by atoms with E-state index in [4.69, 9.17) is 9.47 Å². The van der Waals surface area contributed by atoms with E-state index in [1.165, 1.54) is 0 Å². The summed E-state index contributed by atoms with van der Waals surface area (Å²) >= 11 is 0. The van der Waals surface area contributed by atoms with Crippen LogP contribution in [0.15, 0.2) is 85.2 Å². The molecule has 0 aliphatic rings. The third-order valence-electron chi connectivity index (χ3n) is 5.60. The van der Waals surface area contributed by atoms with Crippen molar-refractivity contribution >= 4 is 12.2 Å². The SMILES string of the molecule is COc1ccc(/C=C/c2ccc(O)c(CN(Cc3ccccn3)Cc3ccccn3)c2)cc1OC. The Hall–Kier alpha value is -4.16. The molecule has 0 saturated carbocycles. The van der Waals surface area contributed by atoms with Crippen molar-refractivity contribution in [3.63, 3.8) is 0 Å². The lowest BCUT2D eigenvalue weighted by atomic mass is 10.1. The second-order valence-electron chi connectivity index (χ2n) is 8.12. The van der Waals surface area contributed by atoms with Crippen molar-refractivity contribution in [2.75, 3.05) is 14.2 Å². The monoisotopic (exact) mass is 467 g/mol. The van der Waals surface area contributed by atoms with Crippen molar-refractivity contribution in [2.24, 2.45) is 0 Å². The van der Waals surface area contributed by atoms with Crippen LogP contribution in [0.5, 0.6) is 17.2 Å². The Bertz CT molecular complexity index is 1220. The first-order valence-electron chi connectivity index (χ1n) is 11.4. The summed E-state index contributed by atoms with van der Waals surface area (Å²) < 4.78 is 10.7. The number of hydrogen-bond acceptors (Lipinski definition) is 6. The molecule has 0 atom stereocenters. The molecule has 2 aromatic heterocycles. The Morgan fingerprint density at radius 2 is 1.31 bits per heavy atom. The fourth-order valence-corrected chi connectivity index (χ4v) is 3.83. The van der Waals surface area contributed by atoms with Gasteiger partial charge in [-0.2, -0.15) is 0 Å². The lowest BCUT2D eigenvalue weighted by Crippen LogP contribution is -2.23. The Labute approximate surface area is 206 Å². The topological polar surface area (TPSA) is 67.7 Å². The van der Waals surface area contributed by atoms with E-state index in [-0.39, 0.29) is 5.75 Å². The highest BCUT2D eigenvalue weighted by Crippen LogP contribution is 2.29. The lowest BCUT2D eigenvalue weighted by molar-refractivity contribution is 0.238. The van der Waals surface area contributed by atoms with Crippen LogP contribution < -0.4 is 9.47 Å². The van der Waals surface area contributed by atoms with Gasteiger partial charge in [-0.1, -0.05) is 36.4 Å². The Balaban J connectivity index is 1.55. The largest absolute Gasteiger partial charge is 0.508 e. The van der Waals surface area contributed by atoms with Gasteiger partial charge in [0.25, 0.3) is 0 Å². The number of methoxy groups -OCH3 is 2. The fourth-order valence-electron chi connectivity index (χ4n) is 3.83. The minimum Gasteiger partial charge on any atom is -0.508 e. The van der Waals surface area contributed by atoms with Gasteiger partial charge in [0.05, 0.1) is 25.6 Å². The van der Waals surface area contributed by atoms with E-state index in [0.29, 0.717) is 31.1 Å². The number of aromatic nitrogens is 2. The zero-order valence-electron chi connectivity index (χ0n) is 20.0. The van der Waals surface area contributed by atoms with E-state index in [2.05, 4.69) is 14.9 Å². The quantitative estimate of drug-likeness (QED) is 0.308. The van der Waals surface area contributed by atoms with Gasteiger partial charge in [-0.05, 0) is 59.7 Å². The first-order chi connectivity index (χ1) is 17.1. The van der Waals surface area contributed by atoms with Gasteiger partial charge >= 0.3 is 0 Å². The second-order valence-corrected chi connectivity index (χ2v) is 8.12. The average Bonchev–Trinajstić information content (AvgIpc) is 2.90. The van der Waals surface area contributed by atoms with Gasteiger partial charge in [0.1, 0.15) is 5.75 Å². The van der Waals surface area contributed by atoms with Gasteiger partial charge in [0.2, 0.25) is 0 Å². The maximum absolute atomic E-state index is 10.6. The maximum atomic E-state index is 10.6. The van der Waals surface area contributed by atoms with E-state index in [1.807, 2.05) is 78.9 Å². The van der Waals surface area contributed by atoms with Crippen molar-refractivity contribution in [3.05, 3.63) is 113 Å². The van der Waals surface area contributed by atoms with E-state index < -0.39 is 0 Å². The summed E-state index contributed by atoms with van der Waals surface area (Å²) in [6.07, 6.45) is 7.63. The van der Waals surface area contributed by atoms with Crippen molar-refractivity contribution < 1.29 is 14.6 Å². The maximum Gasteiger partial charge on any atom is 0.161 e. The molecule has 0 aliphatic heterocycles. The molecule has 0 fully saturated rings. The number of benzene rings is 2. The lowest BCUT2D eigenvalue weighted by Gasteiger charge is -2.22. The highest BCUT2D eigenvalue weighted by Gasteiger charge is 2.13. The molecule has 4 rings (SSSR count). The number of phenolic OH excluding ortho intramolecular Hbond substituents is 1. The molecule has 2 aromatic carbocycles. The zero-order valence-corrected chi connectivity index (χ0v) is 20.0. The Morgan fingerprint density at radius 1 is 0.714 bits per heavy atom. The predicted molar refractivity (Wildman–Crippen MR) is 138 cm³/mol. The fraction of sp³-hybridized carbons (Fsp3) is 0.172. The van der Waals surface area contributed by atoms with Crippen LogP contribution in [0, 0.1) is 0 Å². The van der Waals surface area contributed by atoms with Crippen LogP contribution in [0.25, 0.3) is 12.2 Å². The number of aromatic hydroxyl groups is 1. The van der Waals surface area contributed by atoms with Gasteiger partial charge in [0, 0.05) is 37.6 Å². The summed E-state index contributed by atoms with van der Waals surface area (Å²) in [5.74, 6) is 1.64. The van der Waals surface area contributed by atoms with Crippen molar-refractivity contribution in [3.8, 4) is 17.2 Å². The molecule has 6 heteroatoms. The van der Waals surface area contributed by atoms with Crippen LogP contribution in [-0.2, 0) is 19.6 Å². The van der Waals surface area contributed by atoms with Crippen molar-refractivity contribution in [1.82, 2.24) is 14.9 Å². The highest BCUT2D eigenvalue weighted by atomic mass is 16.5. The second kappa shape index (κ2) is 11.8. The van der Waals surface area contributed by atoms with Gasteiger partial charge in [-0.3, -0.25) is 14.9 Å². The normalized spacial score (nSPS) is 11.2. The van der Waals surface area contributed by atoms with Crippen molar-refractivity contribution in [1.29, 1.82) is 0 Å². The number of phenols is 1. The van der Waals surface area contributed by atoms with E-state index >= 15 is 0 Å². The predicted octanol–water partition coefficient (Wildman–Crippen LogP) is 5.57. The van der Waals surface area contributed by atoms with E-state index in [0.717, 1.165) is 28.1 Å². The molecule has 1 N–H and O–H groups in total. The molecule has 178 valence electrons. The average molecular weight is 468 g/mol. The summed E-state index contributed by atoms with van der Waals surface area (Å²) in [4.78, 5) is 11.2. The molecule has 0 spiro atoms. The Kier molecular flexibility index (Phi) is 8.09. The van der Waals surface area contributed by atoms with Crippen LogP contribution in [0.1, 0.15) is 28.1 Å². The zero-order chi connectivity index (χ0) is 24.5. The molecule has 35 heavy (non-hydrogen) atoms. The standard InChI is InChI=1S/C29H29N3O3/c1-34-28-14-12-23(18-29(28)35-2)10-9-22-11-13-27(33)24(17-22)19-32(20-25-7-3-5-15-30-25)21-26-8-4-6-16-31-26/h3-18,33H,19-21H2,1-2H3/b10-9+.